The number of primary amides is 1. The van der Waals surface area contributed by atoms with Crippen molar-refractivity contribution < 1.29 is 9.21 Å². The van der Waals surface area contributed by atoms with E-state index in [1.807, 2.05) is 24.3 Å². The number of fused-ring (bicyclic) bond motifs is 1. The second kappa shape index (κ2) is 5.50. The van der Waals surface area contributed by atoms with Crippen molar-refractivity contribution in [3.05, 3.63) is 24.3 Å². The zero-order chi connectivity index (χ0) is 13.9. The van der Waals surface area contributed by atoms with Gasteiger partial charge in [-0.2, -0.15) is 4.98 Å². The van der Waals surface area contributed by atoms with E-state index in [0.29, 0.717) is 12.6 Å². The average molecular weight is 274 g/mol. The fraction of sp³-hybridized carbons (Fsp3) is 0.429. The lowest BCUT2D eigenvalue weighted by atomic mass is 10.3. The largest absolute Gasteiger partial charge is 0.423 e. The van der Waals surface area contributed by atoms with Crippen LogP contribution in [-0.2, 0) is 4.79 Å². The Labute approximate surface area is 117 Å². The monoisotopic (exact) mass is 274 g/mol. The quantitative estimate of drug-likeness (QED) is 0.897. The van der Waals surface area contributed by atoms with E-state index < -0.39 is 0 Å². The van der Waals surface area contributed by atoms with E-state index >= 15 is 0 Å². The van der Waals surface area contributed by atoms with Crippen LogP contribution >= 0.6 is 0 Å². The molecule has 1 fully saturated rings. The van der Waals surface area contributed by atoms with E-state index in [-0.39, 0.29) is 5.91 Å². The first-order chi connectivity index (χ1) is 9.72. The zero-order valence-corrected chi connectivity index (χ0v) is 11.3. The molecule has 0 atom stereocenters. The van der Waals surface area contributed by atoms with E-state index in [0.717, 1.165) is 43.7 Å². The number of anilines is 1. The minimum atomic E-state index is -0.277. The Balaban J connectivity index is 1.72. The highest BCUT2D eigenvalue weighted by Gasteiger charge is 2.19. The summed E-state index contributed by atoms with van der Waals surface area (Å²) in [5, 5.41) is 0. The van der Waals surface area contributed by atoms with Crippen LogP contribution < -0.4 is 10.6 Å². The molecule has 20 heavy (non-hydrogen) atoms. The zero-order valence-electron chi connectivity index (χ0n) is 11.3. The molecule has 2 aromatic rings. The Morgan fingerprint density at radius 3 is 2.90 bits per heavy atom. The van der Waals surface area contributed by atoms with Crippen molar-refractivity contribution in [3.8, 4) is 0 Å². The lowest BCUT2D eigenvalue weighted by Crippen LogP contribution is -2.36. The van der Waals surface area contributed by atoms with Crippen molar-refractivity contribution in [1.82, 2.24) is 9.88 Å². The number of aromatic nitrogens is 1. The predicted octanol–water partition coefficient (Wildman–Crippen LogP) is 0.825. The molecular formula is C14H18N4O2. The Hall–Kier alpha value is -2.08. The van der Waals surface area contributed by atoms with E-state index in [1.165, 1.54) is 0 Å². The van der Waals surface area contributed by atoms with E-state index in [2.05, 4.69) is 14.8 Å². The normalized spacial score (nSPS) is 17.3. The highest BCUT2D eigenvalue weighted by atomic mass is 16.4. The maximum atomic E-state index is 11.0. The number of benzene rings is 1. The summed E-state index contributed by atoms with van der Waals surface area (Å²) in [5.74, 6) is -0.277. The highest BCUT2D eigenvalue weighted by Crippen LogP contribution is 2.22. The summed E-state index contributed by atoms with van der Waals surface area (Å²) >= 11 is 0. The van der Waals surface area contributed by atoms with Gasteiger partial charge in [0.1, 0.15) is 5.52 Å². The van der Waals surface area contributed by atoms with E-state index in [4.69, 9.17) is 10.2 Å². The Morgan fingerprint density at radius 1 is 1.25 bits per heavy atom. The van der Waals surface area contributed by atoms with Crippen LogP contribution in [0.15, 0.2) is 28.7 Å². The second-order valence-electron chi connectivity index (χ2n) is 5.05. The number of hydrogen-bond donors (Lipinski definition) is 1. The molecule has 1 aromatic carbocycles. The molecule has 1 aliphatic rings. The molecule has 0 saturated carbocycles. The van der Waals surface area contributed by atoms with Crippen molar-refractivity contribution in [2.75, 3.05) is 37.6 Å². The summed E-state index contributed by atoms with van der Waals surface area (Å²) in [5.41, 5.74) is 6.93. The molecule has 6 nitrogen and oxygen atoms in total. The fourth-order valence-corrected chi connectivity index (χ4v) is 2.54. The molecule has 0 bridgehead atoms. The van der Waals surface area contributed by atoms with Gasteiger partial charge in [-0.1, -0.05) is 12.1 Å². The molecule has 0 spiro atoms. The number of carbonyl (C=O) groups excluding carboxylic acids is 1. The topological polar surface area (TPSA) is 75.6 Å². The van der Waals surface area contributed by atoms with Gasteiger partial charge >= 0.3 is 0 Å². The third-order valence-electron chi connectivity index (χ3n) is 3.52. The smallest absolute Gasteiger partial charge is 0.298 e. The number of nitrogens with two attached hydrogens (primary N) is 1. The molecule has 0 unspecified atom stereocenters. The number of rotatable bonds is 3. The minimum absolute atomic E-state index is 0.277. The summed E-state index contributed by atoms with van der Waals surface area (Å²) in [7, 11) is 0. The predicted molar refractivity (Wildman–Crippen MR) is 76.5 cm³/mol. The van der Waals surface area contributed by atoms with Crippen LogP contribution in [0.4, 0.5) is 6.01 Å². The van der Waals surface area contributed by atoms with Gasteiger partial charge in [0, 0.05) is 26.2 Å². The maximum Gasteiger partial charge on any atom is 0.298 e. The summed E-state index contributed by atoms with van der Waals surface area (Å²) < 4.78 is 5.78. The number of hydrogen-bond acceptors (Lipinski definition) is 5. The highest BCUT2D eigenvalue weighted by molar-refractivity contribution is 5.76. The van der Waals surface area contributed by atoms with Crippen molar-refractivity contribution in [2.24, 2.45) is 5.73 Å². The first-order valence-corrected chi connectivity index (χ1v) is 6.83. The van der Waals surface area contributed by atoms with Gasteiger partial charge in [0.25, 0.3) is 6.01 Å². The Bertz CT molecular complexity index is 577. The van der Waals surface area contributed by atoms with Gasteiger partial charge in [0.15, 0.2) is 5.58 Å². The lowest BCUT2D eigenvalue weighted by molar-refractivity contribution is -0.119. The molecular weight excluding hydrogens is 256 g/mol. The summed E-state index contributed by atoms with van der Waals surface area (Å²) in [6, 6.07) is 8.41. The van der Waals surface area contributed by atoms with Gasteiger partial charge in [0.05, 0.1) is 6.54 Å². The molecule has 1 saturated heterocycles. The second-order valence-corrected chi connectivity index (χ2v) is 5.05. The van der Waals surface area contributed by atoms with Gasteiger partial charge < -0.3 is 15.1 Å². The third-order valence-corrected chi connectivity index (χ3v) is 3.52. The number of para-hydroxylation sites is 2. The third kappa shape index (κ3) is 2.75. The van der Waals surface area contributed by atoms with Crippen LogP contribution in [0.3, 0.4) is 0 Å². The Morgan fingerprint density at radius 2 is 2.10 bits per heavy atom. The Kier molecular flexibility index (Phi) is 3.56. The van der Waals surface area contributed by atoms with Crippen molar-refractivity contribution >= 4 is 23.0 Å². The van der Waals surface area contributed by atoms with E-state index in [9.17, 15) is 4.79 Å². The molecule has 1 amide bonds. The molecule has 1 aliphatic heterocycles. The minimum Gasteiger partial charge on any atom is -0.423 e. The molecule has 3 rings (SSSR count). The molecule has 1 aromatic heterocycles. The van der Waals surface area contributed by atoms with Crippen LogP contribution in [0, 0.1) is 0 Å². The molecule has 0 aliphatic carbocycles. The fourth-order valence-electron chi connectivity index (χ4n) is 2.54. The molecule has 106 valence electrons. The summed E-state index contributed by atoms with van der Waals surface area (Å²) in [4.78, 5) is 19.7. The van der Waals surface area contributed by atoms with Crippen LogP contribution in [0.25, 0.3) is 11.1 Å². The van der Waals surface area contributed by atoms with Crippen LogP contribution in [0.2, 0.25) is 0 Å². The number of oxazole rings is 1. The average Bonchev–Trinajstić information content (AvgIpc) is 2.72. The molecule has 6 heteroatoms. The number of carbonyl (C=O) groups is 1. The van der Waals surface area contributed by atoms with Crippen molar-refractivity contribution in [2.45, 2.75) is 6.42 Å². The van der Waals surface area contributed by atoms with Crippen LogP contribution in [0.1, 0.15) is 6.42 Å². The lowest BCUT2D eigenvalue weighted by Gasteiger charge is -2.19. The summed E-state index contributed by atoms with van der Waals surface area (Å²) in [6.07, 6.45) is 0.964. The molecule has 2 heterocycles. The first-order valence-electron chi connectivity index (χ1n) is 6.83. The van der Waals surface area contributed by atoms with Crippen molar-refractivity contribution in [1.29, 1.82) is 0 Å². The molecule has 0 radical (unpaired) electrons. The van der Waals surface area contributed by atoms with E-state index in [1.54, 1.807) is 0 Å². The van der Waals surface area contributed by atoms with Crippen LogP contribution in [-0.4, -0.2) is 48.5 Å². The summed E-state index contributed by atoms with van der Waals surface area (Å²) in [6.45, 7) is 3.66. The molecule has 2 N–H and O–H groups in total. The SMILES string of the molecule is NC(=O)CN1CCCN(c2nc3ccccc3o2)CC1. The van der Waals surface area contributed by atoms with Gasteiger partial charge in [-0.25, -0.2) is 0 Å². The standard InChI is InChI=1S/C14H18N4O2/c15-13(19)10-17-6-3-7-18(9-8-17)14-16-11-4-1-2-5-12(11)20-14/h1-2,4-5H,3,6-10H2,(H2,15,19). The van der Waals surface area contributed by atoms with Crippen molar-refractivity contribution in [3.63, 3.8) is 0 Å². The van der Waals surface area contributed by atoms with Gasteiger partial charge in [-0.3, -0.25) is 9.69 Å². The van der Waals surface area contributed by atoms with Gasteiger partial charge in [-0.05, 0) is 18.6 Å². The number of amides is 1. The maximum absolute atomic E-state index is 11.0. The first kappa shape index (κ1) is 12.9. The van der Waals surface area contributed by atoms with Gasteiger partial charge in [-0.15, -0.1) is 0 Å². The van der Waals surface area contributed by atoms with Crippen LogP contribution in [0.5, 0.6) is 0 Å². The van der Waals surface area contributed by atoms with Gasteiger partial charge in [0.2, 0.25) is 5.91 Å². The number of nitrogens with zero attached hydrogens (tertiary/aromatic N) is 3.